The smallest absolute Gasteiger partial charge is 0.138 e. The highest BCUT2D eigenvalue weighted by molar-refractivity contribution is 5.08. The molecule has 0 aliphatic rings. The lowest BCUT2D eigenvalue weighted by Gasteiger charge is -2.13. The molecule has 0 aliphatic carbocycles. The molecule has 0 bridgehead atoms. The average Bonchev–Trinajstić information content (AvgIpc) is 2.94. The molecule has 3 N–H and O–H groups in total. The van der Waals surface area contributed by atoms with Crippen molar-refractivity contribution in [3.63, 3.8) is 0 Å². The van der Waals surface area contributed by atoms with E-state index in [2.05, 4.69) is 20.6 Å². The van der Waals surface area contributed by atoms with Crippen molar-refractivity contribution in [3.8, 4) is 0 Å². The van der Waals surface area contributed by atoms with Gasteiger partial charge in [0.25, 0.3) is 0 Å². The molecule has 1 unspecified atom stereocenters. The first kappa shape index (κ1) is 11.7. The number of aromatic nitrogens is 5. The van der Waals surface area contributed by atoms with Gasteiger partial charge in [-0.05, 0) is 13.0 Å². The summed E-state index contributed by atoms with van der Waals surface area (Å²) < 4.78 is 3.61. The van der Waals surface area contributed by atoms with Crippen molar-refractivity contribution in [2.75, 3.05) is 0 Å². The van der Waals surface area contributed by atoms with Crippen LogP contribution >= 0.6 is 0 Å². The zero-order valence-electron chi connectivity index (χ0n) is 10.0. The van der Waals surface area contributed by atoms with E-state index in [0.29, 0.717) is 6.42 Å². The highest BCUT2D eigenvalue weighted by Crippen LogP contribution is 2.14. The highest BCUT2D eigenvalue weighted by atomic mass is 15.3. The zero-order valence-corrected chi connectivity index (χ0v) is 10.0. The van der Waals surface area contributed by atoms with Crippen molar-refractivity contribution in [3.05, 3.63) is 30.1 Å². The quantitative estimate of drug-likeness (QED) is 0.552. The Morgan fingerprint density at radius 1 is 1.53 bits per heavy atom. The van der Waals surface area contributed by atoms with Gasteiger partial charge in [0.2, 0.25) is 0 Å². The number of aryl methyl sites for hydroxylation is 2. The third-order valence-corrected chi connectivity index (χ3v) is 2.67. The second-order valence-corrected chi connectivity index (χ2v) is 3.83. The van der Waals surface area contributed by atoms with Gasteiger partial charge in [0.1, 0.15) is 12.2 Å². The summed E-state index contributed by atoms with van der Waals surface area (Å²) in [4.78, 5) is 4.23. The maximum Gasteiger partial charge on any atom is 0.138 e. The summed E-state index contributed by atoms with van der Waals surface area (Å²) in [6.07, 6.45) is 4.12. The third-order valence-electron chi connectivity index (χ3n) is 2.67. The van der Waals surface area contributed by atoms with Crippen molar-refractivity contribution in [1.82, 2.24) is 30.0 Å². The molecule has 0 saturated carbocycles. The molecule has 0 saturated heterocycles. The van der Waals surface area contributed by atoms with Crippen LogP contribution in [0.4, 0.5) is 0 Å². The molecule has 17 heavy (non-hydrogen) atoms. The van der Waals surface area contributed by atoms with Gasteiger partial charge in [0, 0.05) is 26.2 Å². The predicted molar refractivity (Wildman–Crippen MR) is 62.7 cm³/mol. The number of hydrogen-bond donors (Lipinski definition) is 2. The van der Waals surface area contributed by atoms with E-state index >= 15 is 0 Å². The molecule has 7 nitrogen and oxygen atoms in total. The van der Waals surface area contributed by atoms with Gasteiger partial charge >= 0.3 is 0 Å². The van der Waals surface area contributed by atoms with Crippen LogP contribution in [0.25, 0.3) is 0 Å². The van der Waals surface area contributed by atoms with Crippen molar-refractivity contribution in [2.45, 2.75) is 25.9 Å². The third kappa shape index (κ3) is 2.51. The van der Waals surface area contributed by atoms with E-state index in [1.807, 2.05) is 30.9 Å². The molecule has 2 aromatic rings. The standard InChI is InChI=1S/C10H17N7/c1-3-17-10(12-7-13-17)6-9(14-11)8-4-5-16(2)15-8/h4-5,7,9,14H,3,6,11H2,1-2H3. The molecule has 2 rings (SSSR count). The molecule has 0 spiro atoms. The first-order valence-corrected chi connectivity index (χ1v) is 5.57. The van der Waals surface area contributed by atoms with E-state index in [1.54, 1.807) is 11.0 Å². The van der Waals surface area contributed by atoms with Gasteiger partial charge in [-0.3, -0.25) is 20.6 Å². The van der Waals surface area contributed by atoms with Gasteiger partial charge in [-0.1, -0.05) is 0 Å². The van der Waals surface area contributed by atoms with Crippen LogP contribution in [0.2, 0.25) is 0 Å². The molecular weight excluding hydrogens is 218 g/mol. The second-order valence-electron chi connectivity index (χ2n) is 3.83. The van der Waals surface area contributed by atoms with Crippen LogP contribution in [-0.2, 0) is 20.0 Å². The Bertz CT molecular complexity index is 472. The van der Waals surface area contributed by atoms with E-state index in [9.17, 15) is 0 Å². The monoisotopic (exact) mass is 235 g/mol. The lowest BCUT2D eigenvalue weighted by atomic mass is 10.1. The van der Waals surface area contributed by atoms with Crippen LogP contribution < -0.4 is 11.3 Å². The lowest BCUT2D eigenvalue weighted by molar-refractivity contribution is 0.495. The molecule has 2 heterocycles. The fourth-order valence-electron chi connectivity index (χ4n) is 1.76. The first-order valence-electron chi connectivity index (χ1n) is 5.57. The average molecular weight is 235 g/mol. The predicted octanol–water partition coefficient (Wildman–Crippen LogP) is -0.221. The fourth-order valence-corrected chi connectivity index (χ4v) is 1.76. The summed E-state index contributed by atoms with van der Waals surface area (Å²) >= 11 is 0. The van der Waals surface area contributed by atoms with E-state index in [1.165, 1.54) is 0 Å². The highest BCUT2D eigenvalue weighted by Gasteiger charge is 2.16. The van der Waals surface area contributed by atoms with Gasteiger partial charge in [-0.15, -0.1) is 0 Å². The van der Waals surface area contributed by atoms with Crippen molar-refractivity contribution in [2.24, 2.45) is 12.9 Å². The van der Waals surface area contributed by atoms with E-state index < -0.39 is 0 Å². The summed E-state index contributed by atoms with van der Waals surface area (Å²) in [6.45, 7) is 2.83. The number of hydrogen-bond acceptors (Lipinski definition) is 5. The SMILES string of the molecule is CCn1ncnc1CC(NN)c1ccn(C)n1. The largest absolute Gasteiger partial charge is 0.275 e. The Hall–Kier alpha value is -1.73. The van der Waals surface area contributed by atoms with Gasteiger partial charge in [0.15, 0.2) is 0 Å². The number of rotatable bonds is 5. The Balaban J connectivity index is 2.15. The number of hydrazine groups is 1. The topological polar surface area (TPSA) is 86.6 Å². The normalized spacial score (nSPS) is 12.9. The summed E-state index contributed by atoms with van der Waals surface area (Å²) in [5, 5.41) is 8.47. The summed E-state index contributed by atoms with van der Waals surface area (Å²) in [7, 11) is 1.88. The minimum Gasteiger partial charge on any atom is -0.275 e. The molecule has 0 aromatic carbocycles. The molecular formula is C10H17N7. The van der Waals surface area contributed by atoms with Crippen LogP contribution in [0.3, 0.4) is 0 Å². The van der Waals surface area contributed by atoms with Crippen molar-refractivity contribution in [1.29, 1.82) is 0 Å². The molecule has 0 radical (unpaired) electrons. The molecule has 92 valence electrons. The van der Waals surface area contributed by atoms with Crippen LogP contribution in [-0.4, -0.2) is 24.5 Å². The Morgan fingerprint density at radius 3 is 2.94 bits per heavy atom. The lowest BCUT2D eigenvalue weighted by Crippen LogP contribution is -2.31. The van der Waals surface area contributed by atoms with Gasteiger partial charge in [-0.25, -0.2) is 4.98 Å². The summed E-state index contributed by atoms with van der Waals surface area (Å²) in [6, 6.07) is 1.89. The molecule has 0 amide bonds. The molecule has 1 atom stereocenters. The molecule has 2 aromatic heterocycles. The zero-order chi connectivity index (χ0) is 12.3. The second kappa shape index (κ2) is 5.07. The van der Waals surface area contributed by atoms with Crippen molar-refractivity contribution >= 4 is 0 Å². The molecule has 0 aliphatic heterocycles. The van der Waals surface area contributed by atoms with Crippen LogP contribution in [0.1, 0.15) is 24.5 Å². The van der Waals surface area contributed by atoms with Crippen LogP contribution in [0.5, 0.6) is 0 Å². The summed E-state index contributed by atoms with van der Waals surface area (Å²) in [5.74, 6) is 6.47. The van der Waals surface area contributed by atoms with E-state index in [-0.39, 0.29) is 6.04 Å². The van der Waals surface area contributed by atoms with Crippen LogP contribution in [0.15, 0.2) is 18.6 Å². The molecule has 7 heteroatoms. The van der Waals surface area contributed by atoms with E-state index in [4.69, 9.17) is 5.84 Å². The first-order chi connectivity index (χ1) is 8.24. The van der Waals surface area contributed by atoms with Gasteiger partial charge < -0.3 is 0 Å². The molecule has 0 fully saturated rings. The van der Waals surface area contributed by atoms with Crippen LogP contribution in [0, 0.1) is 0 Å². The Labute approximate surface area is 99.6 Å². The number of nitrogens with two attached hydrogens (primary N) is 1. The minimum atomic E-state index is -0.0503. The summed E-state index contributed by atoms with van der Waals surface area (Å²) in [5.41, 5.74) is 3.67. The van der Waals surface area contributed by atoms with Crippen molar-refractivity contribution < 1.29 is 0 Å². The van der Waals surface area contributed by atoms with E-state index in [0.717, 1.165) is 18.1 Å². The number of nitrogens with zero attached hydrogens (tertiary/aromatic N) is 5. The van der Waals surface area contributed by atoms with Gasteiger partial charge in [0.05, 0.1) is 11.7 Å². The maximum atomic E-state index is 5.57. The Kier molecular flexibility index (Phi) is 3.50. The maximum absolute atomic E-state index is 5.57. The fraction of sp³-hybridized carbons (Fsp3) is 0.500. The van der Waals surface area contributed by atoms with Gasteiger partial charge in [-0.2, -0.15) is 10.2 Å². The number of nitrogens with one attached hydrogen (secondary N) is 1. The Morgan fingerprint density at radius 2 is 2.35 bits per heavy atom. The minimum absolute atomic E-state index is 0.0503.